The van der Waals surface area contributed by atoms with Crippen LogP contribution >= 0.6 is 11.3 Å². The third-order valence-corrected chi connectivity index (χ3v) is 6.51. The van der Waals surface area contributed by atoms with Crippen molar-refractivity contribution in [3.8, 4) is 0 Å². The summed E-state index contributed by atoms with van der Waals surface area (Å²) in [6.45, 7) is 4.60. The van der Waals surface area contributed by atoms with Crippen LogP contribution in [-0.4, -0.2) is 15.0 Å². The Kier molecular flexibility index (Phi) is 6.89. The number of carbonyl (C=O) groups excluding carboxylic acids is 1. The van der Waals surface area contributed by atoms with E-state index in [9.17, 15) is 14.4 Å². The second-order valence-electron chi connectivity index (χ2n) is 8.55. The van der Waals surface area contributed by atoms with Crippen LogP contribution in [0.1, 0.15) is 30.5 Å². The Hall–Kier alpha value is -3.45. The van der Waals surface area contributed by atoms with Crippen molar-refractivity contribution < 1.29 is 4.79 Å². The summed E-state index contributed by atoms with van der Waals surface area (Å²) in [5.74, 6) is 0.0882. The van der Waals surface area contributed by atoms with Crippen LogP contribution in [0.3, 0.4) is 0 Å². The van der Waals surface area contributed by atoms with Gasteiger partial charge in [0.15, 0.2) is 0 Å². The Bertz CT molecular complexity index is 1370. The lowest BCUT2D eigenvalue weighted by Gasteiger charge is -2.13. The molecule has 4 aromatic rings. The Morgan fingerprint density at radius 2 is 1.58 bits per heavy atom. The second kappa shape index (κ2) is 10.0. The number of thiophene rings is 1. The van der Waals surface area contributed by atoms with Gasteiger partial charge in [0, 0.05) is 6.54 Å². The number of fused-ring (bicyclic) bond motifs is 1. The predicted molar refractivity (Wildman–Crippen MR) is 133 cm³/mol. The second-order valence-corrected chi connectivity index (χ2v) is 9.41. The average molecular weight is 462 g/mol. The summed E-state index contributed by atoms with van der Waals surface area (Å²) in [5, 5.41) is 5.36. The number of hydrogen-bond donors (Lipinski definition) is 1. The lowest BCUT2D eigenvalue weighted by molar-refractivity contribution is -0.121. The molecular weight excluding hydrogens is 434 g/mol. The van der Waals surface area contributed by atoms with Gasteiger partial charge in [-0.3, -0.25) is 18.7 Å². The molecule has 33 heavy (non-hydrogen) atoms. The standard InChI is InChI=1S/C26H27N3O3S/c1-18(2)13-21-17-33-25-23(21)24(31)28(15-20-11-7-4-8-12-20)26(32)29(25)16-22(30)27-14-19-9-5-3-6-10-19/h3-12,17-18H,13-16H2,1-2H3,(H,27,30). The molecule has 1 amide bonds. The summed E-state index contributed by atoms with van der Waals surface area (Å²) in [5.41, 5.74) is 2.00. The molecule has 2 heterocycles. The summed E-state index contributed by atoms with van der Waals surface area (Å²) >= 11 is 1.35. The fourth-order valence-corrected chi connectivity index (χ4v) is 4.97. The van der Waals surface area contributed by atoms with Crippen LogP contribution in [0.4, 0.5) is 0 Å². The van der Waals surface area contributed by atoms with Crippen molar-refractivity contribution in [2.24, 2.45) is 5.92 Å². The first kappa shape index (κ1) is 22.7. The molecule has 0 saturated heterocycles. The van der Waals surface area contributed by atoms with Crippen molar-refractivity contribution in [3.63, 3.8) is 0 Å². The quantitative estimate of drug-likeness (QED) is 0.434. The number of nitrogens with one attached hydrogen (secondary N) is 1. The summed E-state index contributed by atoms with van der Waals surface area (Å²) in [4.78, 5) is 40.1. The van der Waals surface area contributed by atoms with Gasteiger partial charge in [-0.05, 0) is 34.4 Å². The Morgan fingerprint density at radius 1 is 0.939 bits per heavy atom. The molecular formula is C26H27N3O3S. The lowest BCUT2D eigenvalue weighted by atomic mass is 10.0. The third kappa shape index (κ3) is 5.14. The summed E-state index contributed by atoms with van der Waals surface area (Å²) in [6.07, 6.45) is 0.735. The molecule has 7 heteroatoms. The Morgan fingerprint density at radius 3 is 2.21 bits per heavy atom. The molecule has 2 aromatic heterocycles. The van der Waals surface area contributed by atoms with Crippen LogP contribution in [0.2, 0.25) is 0 Å². The van der Waals surface area contributed by atoms with Crippen molar-refractivity contribution >= 4 is 27.5 Å². The first-order chi connectivity index (χ1) is 15.9. The van der Waals surface area contributed by atoms with E-state index in [4.69, 9.17) is 0 Å². The summed E-state index contributed by atoms with van der Waals surface area (Å²) in [6, 6.07) is 19.0. The van der Waals surface area contributed by atoms with E-state index < -0.39 is 5.69 Å². The van der Waals surface area contributed by atoms with E-state index in [0.717, 1.165) is 23.1 Å². The van der Waals surface area contributed by atoms with Crippen molar-refractivity contribution in [1.82, 2.24) is 14.5 Å². The van der Waals surface area contributed by atoms with Crippen molar-refractivity contribution in [2.45, 2.75) is 39.9 Å². The topological polar surface area (TPSA) is 73.1 Å². The normalized spacial score (nSPS) is 11.2. The number of benzene rings is 2. The van der Waals surface area contributed by atoms with Crippen LogP contribution in [0.15, 0.2) is 75.6 Å². The largest absolute Gasteiger partial charge is 0.350 e. The molecule has 1 N–H and O–H groups in total. The molecule has 0 aliphatic carbocycles. The van der Waals surface area contributed by atoms with Crippen LogP contribution in [0.25, 0.3) is 10.2 Å². The maximum absolute atomic E-state index is 13.4. The maximum Gasteiger partial charge on any atom is 0.332 e. The van der Waals surface area contributed by atoms with Gasteiger partial charge >= 0.3 is 5.69 Å². The van der Waals surface area contributed by atoms with Gasteiger partial charge in [0.05, 0.1) is 11.9 Å². The van der Waals surface area contributed by atoms with E-state index >= 15 is 0 Å². The zero-order valence-corrected chi connectivity index (χ0v) is 19.6. The van der Waals surface area contributed by atoms with Crippen LogP contribution in [0, 0.1) is 5.92 Å². The molecule has 4 rings (SSSR count). The number of hydrogen-bond acceptors (Lipinski definition) is 4. The molecule has 0 saturated carbocycles. The molecule has 2 aromatic carbocycles. The Balaban J connectivity index is 1.74. The maximum atomic E-state index is 13.4. The molecule has 0 fully saturated rings. The summed E-state index contributed by atoms with van der Waals surface area (Å²) < 4.78 is 2.69. The fourth-order valence-electron chi connectivity index (χ4n) is 3.89. The predicted octanol–water partition coefficient (Wildman–Crippen LogP) is 3.79. The van der Waals surface area contributed by atoms with Gasteiger partial charge in [-0.25, -0.2) is 4.79 Å². The number of carbonyl (C=O) groups is 1. The summed E-state index contributed by atoms with van der Waals surface area (Å²) in [7, 11) is 0. The lowest BCUT2D eigenvalue weighted by Crippen LogP contribution is -2.42. The Labute approximate surface area is 196 Å². The molecule has 0 spiro atoms. The van der Waals surface area contributed by atoms with Gasteiger partial charge in [-0.1, -0.05) is 74.5 Å². The molecule has 6 nitrogen and oxygen atoms in total. The van der Waals surface area contributed by atoms with Crippen molar-refractivity contribution in [1.29, 1.82) is 0 Å². The number of amides is 1. The van der Waals surface area contributed by atoms with E-state index in [0.29, 0.717) is 22.7 Å². The molecule has 0 bridgehead atoms. The number of aromatic nitrogens is 2. The first-order valence-corrected chi connectivity index (χ1v) is 11.9. The van der Waals surface area contributed by atoms with Gasteiger partial charge < -0.3 is 5.32 Å². The highest BCUT2D eigenvalue weighted by molar-refractivity contribution is 7.17. The highest BCUT2D eigenvalue weighted by Gasteiger charge is 2.20. The zero-order valence-electron chi connectivity index (χ0n) is 18.8. The van der Waals surface area contributed by atoms with Gasteiger partial charge in [-0.2, -0.15) is 0 Å². The number of rotatable bonds is 8. The minimum Gasteiger partial charge on any atom is -0.350 e. The van der Waals surface area contributed by atoms with E-state index in [2.05, 4.69) is 19.2 Å². The van der Waals surface area contributed by atoms with E-state index in [1.54, 1.807) is 0 Å². The SMILES string of the molecule is CC(C)Cc1csc2c1c(=O)n(Cc1ccccc1)c(=O)n2CC(=O)NCc1ccccc1. The smallest absolute Gasteiger partial charge is 0.332 e. The monoisotopic (exact) mass is 461 g/mol. The van der Waals surface area contributed by atoms with Crippen LogP contribution in [0.5, 0.6) is 0 Å². The highest BCUT2D eigenvalue weighted by atomic mass is 32.1. The van der Waals surface area contributed by atoms with E-state index in [1.165, 1.54) is 20.5 Å². The van der Waals surface area contributed by atoms with Gasteiger partial charge in [0.1, 0.15) is 11.4 Å². The first-order valence-electron chi connectivity index (χ1n) is 11.0. The molecule has 0 atom stereocenters. The molecule has 0 unspecified atom stereocenters. The van der Waals surface area contributed by atoms with Gasteiger partial charge in [0.2, 0.25) is 5.91 Å². The zero-order chi connectivity index (χ0) is 23.4. The van der Waals surface area contributed by atoms with Crippen LogP contribution in [-0.2, 0) is 30.8 Å². The molecule has 170 valence electrons. The molecule has 0 radical (unpaired) electrons. The van der Waals surface area contributed by atoms with E-state index in [1.807, 2.05) is 66.0 Å². The third-order valence-electron chi connectivity index (χ3n) is 5.46. The minimum atomic E-state index is -0.468. The minimum absolute atomic E-state index is 0.140. The number of nitrogens with zero attached hydrogens (tertiary/aromatic N) is 2. The highest BCUT2D eigenvalue weighted by Crippen LogP contribution is 2.24. The molecule has 0 aliphatic heterocycles. The van der Waals surface area contributed by atoms with Gasteiger partial charge in [0.25, 0.3) is 5.56 Å². The average Bonchev–Trinajstić information content (AvgIpc) is 3.22. The van der Waals surface area contributed by atoms with Crippen LogP contribution < -0.4 is 16.6 Å². The van der Waals surface area contributed by atoms with Crippen molar-refractivity contribution in [2.75, 3.05) is 0 Å². The fraction of sp³-hybridized carbons (Fsp3) is 0.269. The van der Waals surface area contributed by atoms with E-state index in [-0.39, 0.29) is 24.6 Å². The van der Waals surface area contributed by atoms with Gasteiger partial charge in [-0.15, -0.1) is 11.3 Å². The molecule has 0 aliphatic rings. The van der Waals surface area contributed by atoms with Crippen molar-refractivity contribution in [3.05, 3.63) is 104 Å².